The van der Waals surface area contributed by atoms with Crippen molar-refractivity contribution in [2.24, 2.45) is 0 Å². The van der Waals surface area contributed by atoms with Crippen molar-refractivity contribution in [3.8, 4) is 0 Å². The first-order valence-corrected chi connectivity index (χ1v) is 9.67. The zero-order chi connectivity index (χ0) is 20.4. The van der Waals surface area contributed by atoms with E-state index in [4.69, 9.17) is 5.11 Å². The summed E-state index contributed by atoms with van der Waals surface area (Å²) >= 11 is 0. The smallest absolute Gasteiger partial charge is 0.328 e. The number of anilines is 1. The molecule has 0 saturated carbocycles. The van der Waals surface area contributed by atoms with Crippen LogP contribution in [0.25, 0.3) is 0 Å². The molecule has 0 unspecified atom stereocenters. The van der Waals surface area contributed by atoms with E-state index < -0.39 is 27.4 Å². The molecule has 3 N–H and O–H groups in total. The minimum absolute atomic E-state index is 0.0511. The molecule has 144 valence electrons. The summed E-state index contributed by atoms with van der Waals surface area (Å²) in [5, 5.41) is 11.5. The minimum Gasteiger partial charge on any atom is -0.480 e. The number of carbonyl (C=O) groups is 2. The lowest BCUT2D eigenvalue weighted by atomic mass is 10.0. The van der Waals surface area contributed by atoms with Gasteiger partial charge in [-0.2, -0.15) is 0 Å². The first-order chi connectivity index (χ1) is 12.4. The molecule has 0 radical (unpaired) electrons. The number of hydrogen-bond acceptors (Lipinski definition) is 4. The molecule has 0 fully saturated rings. The molecule has 0 aliphatic carbocycles. The molecule has 0 aliphatic rings. The second kappa shape index (κ2) is 7.40. The molecule has 27 heavy (non-hydrogen) atoms. The maximum atomic E-state index is 12.8. The second-order valence-corrected chi connectivity index (χ2v) is 8.49. The van der Waals surface area contributed by atoms with E-state index in [1.807, 2.05) is 13.0 Å². The number of sulfonamides is 1. The van der Waals surface area contributed by atoms with Crippen molar-refractivity contribution < 1.29 is 23.1 Å². The fourth-order valence-corrected chi connectivity index (χ4v) is 3.68. The van der Waals surface area contributed by atoms with Gasteiger partial charge in [0.05, 0.1) is 4.90 Å². The maximum absolute atomic E-state index is 12.8. The molecule has 0 spiro atoms. The number of benzene rings is 2. The van der Waals surface area contributed by atoms with Gasteiger partial charge in [-0.15, -0.1) is 0 Å². The van der Waals surface area contributed by atoms with Gasteiger partial charge in [0.25, 0.3) is 15.9 Å². The van der Waals surface area contributed by atoms with Crippen molar-refractivity contribution in [2.45, 2.75) is 38.1 Å². The standard InChI is InChI=1S/C19H22N2O5S/c1-12-6-5-7-15(10-12)21-27(25,26)16-11-14(9-8-13(16)2)17(22)20-19(3,4)18(23)24/h5-11,21H,1-4H3,(H,20,22)(H,23,24). The first kappa shape index (κ1) is 20.4. The highest BCUT2D eigenvalue weighted by Crippen LogP contribution is 2.22. The molecule has 0 atom stereocenters. The van der Waals surface area contributed by atoms with Crippen molar-refractivity contribution in [2.75, 3.05) is 4.72 Å². The molecule has 7 nitrogen and oxygen atoms in total. The molecular weight excluding hydrogens is 368 g/mol. The maximum Gasteiger partial charge on any atom is 0.328 e. The average molecular weight is 390 g/mol. The fraction of sp³-hybridized carbons (Fsp3) is 0.263. The fourth-order valence-electron chi connectivity index (χ4n) is 2.36. The second-order valence-electron chi connectivity index (χ2n) is 6.84. The van der Waals surface area contributed by atoms with Gasteiger partial charge in [0, 0.05) is 11.3 Å². The van der Waals surface area contributed by atoms with Gasteiger partial charge < -0.3 is 10.4 Å². The number of rotatable bonds is 6. The normalized spacial score (nSPS) is 11.7. The molecule has 2 aromatic carbocycles. The summed E-state index contributed by atoms with van der Waals surface area (Å²) in [6.45, 7) is 6.16. The molecule has 0 saturated heterocycles. The summed E-state index contributed by atoms with van der Waals surface area (Å²) in [7, 11) is -3.92. The average Bonchev–Trinajstić information content (AvgIpc) is 2.54. The van der Waals surface area contributed by atoms with Gasteiger partial charge >= 0.3 is 5.97 Å². The Morgan fingerprint density at radius 3 is 2.30 bits per heavy atom. The summed E-state index contributed by atoms with van der Waals surface area (Å²) in [5.41, 5.74) is 0.344. The molecule has 0 aliphatic heterocycles. The van der Waals surface area contributed by atoms with E-state index in [-0.39, 0.29) is 10.5 Å². The Bertz CT molecular complexity index is 997. The number of aryl methyl sites for hydroxylation is 2. The third-order valence-electron chi connectivity index (χ3n) is 3.97. The van der Waals surface area contributed by atoms with Gasteiger partial charge in [0.2, 0.25) is 0 Å². The highest BCUT2D eigenvalue weighted by atomic mass is 32.2. The number of carbonyl (C=O) groups excluding carboxylic acids is 1. The third-order valence-corrected chi connectivity index (χ3v) is 5.49. The lowest BCUT2D eigenvalue weighted by molar-refractivity contribution is -0.143. The highest BCUT2D eigenvalue weighted by Gasteiger charge is 2.30. The quantitative estimate of drug-likeness (QED) is 0.702. The number of hydrogen-bond donors (Lipinski definition) is 3. The number of aliphatic carboxylic acids is 1. The Hall–Kier alpha value is -2.87. The molecule has 0 heterocycles. The van der Waals surface area contributed by atoms with E-state index in [1.165, 1.54) is 32.0 Å². The Morgan fingerprint density at radius 2 is 1.70 bits per heavy atom. The number of amides is 1. The number of carboxylic acid groups (broad SMARTS) is 1. The van der Waals surface area contributed by atoms with Crippen LogP contribution in [0.4, 0.5) is 5.69 Å². The van der Waals surface area contributed by atoms with Crippen LogP contribution in [-0.2, 0) is 14.8 Å². The third kappa shape index (κ3) is 4.85. The molecule has 8 heteroatoms. The Balaban J connectivity index is 2.36. The predicted octanol–water partition coefficient (Wildman–Crippen LogP) is 2.70. The van der Waals surface area contributed by atoms with Gasteiger partial charge in [-0.3, -0.25) is 9.52 Å². The van der Waals surface area contributed by atoms with E-state index >= 15 is 0 Å². The highest BCUT2D eigenvalue weighted by molar-refractivity contribution is 7.92. The van der Waals surface area contributed by atoms with E-state index in [0.717, 1.165) is 5.56 Å². The van der Waals surface area contributed by atoms with Crippen molar-refractivity contribution >= 4 is 27.6 Å². The lowest BCUT2D eigenvalue weighted by Crippen LogP contribution is -2.49. The van der Waals surface area contributed by atoms with Crippen molar-refractivity contribution in [1.82, 2.24) is 5.32 Å². The van der Waals surface area contributed by atoms with Gasteiger partial charge in [-0.25, -0.2) is 13.2 Å². The summed E-state index contributed by atoms with van der Waals surface area (Å²) < 4.78 is 28.0. The van der Waals surface area contributed by atoms with Crippen LogP contribution in [0.1, 0.15) is 35.3 Å². The van der Waals surface area contributed by atoms with Crippen LogP contribution in [0.2, 0.25) is 0 Å². The van der Waals surface area contributed by atoms with Gasteiger partial charge in [-0.1, -0.05) is 18.2 Å². The molecule has 2 rings (SSSR count). The number of nitrogens with one attached hydrogen (secondary N) is 2. The summed E-state index contributed by atoms with van der Waals surface area (Å²) in [5.74, 6) is -1.87. The molecule has 2 aromatic rings. The largest absolute Gasteiger partial charge is 0.480 e. The van der Waals surface area contributed by atoms with Crippen LogP contribution in [0.3, 0.4) is 0 Å². The zero-order valence-corrected chi connectivity index (χ0v) is 16.3. The van der Waals surface area contributed by atoms with Crippen LogP contribution in [0.15, 0.2) is 47.4 Å². The van der Waals surface area contributed by atoms with E-state index in [9.17, 15) is 18.0 Å². The van der Waals surface area contributed by atoms with Crippen molar-refractivity contribution in [1.29, 1.82) is 0 Å². The SMILES string of the molecule is Cc1cccc(NS(=O)(=O)c2cc(C(=O)NC(C)(C)C(=O)O)ccc2C)c1. The molecule has 1 amide bonds. The van der Waals surface area contributed by atoms with Crippen LogP contribution >= 0.6 is 0 Å². The van der Waals surface area contributed by atoms with Crippen LogP contribution in [0.5, 0.6) is 0 Å². The predicted molar refractivity (Wildman–Crippen MR) is 102 cm³/mol. The van der Waals surface area contributed by atoms with Crippen LogP contribution in [-0.4, -0.2) is 30.9 Å². The van der Waals surface area contributed by atoms with Crippen molar-refractivity contribution in [3.05, 3.63) is 59.2 Å². The minimum atomic E-state index is -3.92. The topological polar surface area (TPSA) is 113 Å². The molecule has 0 aromatic heterocycles. The number of carboxylic acids is 1. The van der Waals surface area contributed by atoms with Crippen LogP contribution in [0, 0.1) is 13.8 Å². The first-order valence-electron chi connectivity index (χ1n) is 8.18. The van der Waals surface area contributed by atoms with E-state index in [1.54, 1.807) is 25.1 Å². The van der Waals surface area contributed by atoms with E-state index in [2.05, 4.69) is 10.0 Å². The van der Waals surface area contributed by atoms with Gasteiger partial charge in [0.15, 0.2) is 0 Å². The lowest BCUT2D eigenvalue weighted by Gasteiger charge is -2.21. The molecule has 0 bridgehead atoms. The molecular formula is C19H22N2O5S. The van der Waals surface area contributed by atoms with E-state index in [0.29, 0.717) is 11.3 Å². The summed E-state index contributed by atoms with van der Waals surface area (Å²) in [6.07, 6.45) is 0. The zero-order valence-electron chi connectivity index (χ0n) is 15.5. The monoisotopic (exact) mass is 390 g/mol. The Labute approximate surface area is 158 Å². The summed E-state index contributed by atoms with van der Waals surface area (Å²) in [4.78, 5) is 23.5. The van der Waals surface area contributed by atoms with Crippen LogP contribution < -0.4 is 10.0 Å². The Kier molecular flexibility index (Phi) is 5.60. The van der Waals surface area contributed by atoms with Crippen molar-refractivity contribution in [3.63, 3.8) is 0 Å². The Morgan fingerprint density at radius 1 is 1.04 bits per heavy atom. The van der Waals surface area contributed by atoms with Gasteiger partial charge in [0.1, 0.15) is 5.54 Å². The summed E-state index contributed by atoms with van der Waals surface area (Å²) in [6, 6.07) is 11.1. The van der Waals surface area contributed by atoms with Gasteiger partial charge in [-0.05, 0) is 63.1 Å².